The largest absolute Gasteiger partial charge is 0.493 e. The number of nitrogens with one attached hydrogen (secondary N) is 1. The smallest absolute Gasteiger partial charge is 0.238 e. The van der Waals surface area contributed by atoms with Gasteiger partial charge >= 0.3 is 0 Å². The average Bonchev–Trinajstić information content (AvgIpc) is 2.61. The van der Waals surface area contributed by atoms with E-state index in [1.807, 2.05) is 25.1 Å². The van der Waals surface area contributed by atoms with Crippen molar-refractivity contribution < 1.29 is 23.0 Å². The summed E-state index contributed by atoms with van der Waals surface area (Å²) in [6.45, 7) is 4.78. The second-order valence-corrected chi connectivity index (χ2v) is 7.82. The molecule has 0 saturated carbocycles. The minimum absolute atomic E-state index is 0. The first kappa shape index (κ1) is 24.2. The lowest BCUT2D eigenvalue weighted by Crippen LogP contribution is -2.26. The van der Waals surface area contributed by atoms with Gasteiger partial charge in [-0.25, -0.2) is 13.6 Å². The van der Waals surface area contributed by atoms with Crippen molar-refractivity contribution in [2.75, 3.05) is 26.8 Å². The molecule has 0 aliphatic heterocycles. The Balaban J connectivity index is 0.00000392. The van der Waals surface area contributed by atoms with Gasteiger partial charge < -0.3 is 19.9 Å². The summed E-state index contributed by atoms with van der Waals surface area (Å²) in [5.74, 6) is 1.33. The number of nitrogens with two attached hydrogens (primary N) is 1. The van der Waals surface area contributed by atoms with E-state index in [0.717, 1.165) is 5.56 Å². The van der Waals surface area contributed by atoms with E-state index < -0.39 is 16.1 Å². The zero-order chi connectivity index (χ0) is 20.0. The number of hydrogen-bond acceptors (Lipinski definition) is 6. The molecule has 28 heavy (non-hydrogen) atoms. The van der Waals surface area contributed by atoms with Crippen LogP contribution in [-0.4, -0.2) is 40.3 Å². The number of sulfonamides is 1. The summed E-state index contributed by atoms with van der Waals surface area (Å²) in [4.78, 5) is 0.0221. The van der Waals surface area contributed by atoms with Crippen LogP contribution >= 0.6 is 12.4 Å². The molecule has 2 aromatic rings. The molecule has 0 aromatic heterocycles. The molecule has 1 atom stereocenters. The number of methoxy groups -OCH3 is 1. The van der Waals surface area contributed by atoms with Crippen molar-refractivity contribution >= 4 is 22.4 Å². The molecule has 2 aromatic carbocycles. The topological polar surface area (TPSA) is 111 Å². The Morgan fingerprint density at radius 3 is 2.50 bits per heavy atom. The van der Waals surface area contributed by atoms with Crippen molar-refractivity contribution in [2.45, 2.75) is 24.8 Å². The number of ether oxygens (including phenoxy) is 2. The van der Waals surface area contributed by atoms with Crippen molar-refractivity contribution in [2.24, 2.45) is 5.14 Å². The third-order valence-electron chi connectivity index (χ3n) is 4.10. The van der Waals surface area contributed by atoms with Crippen LogP contribution in [0.4, 0.5) is 0 Å². The third kappa shape index (κ3) is 6.65. The number of hydrogen-bond donors (Lipinski definition) is 3. The molecule has 1 unspecified atom stereocenters. The Morgan fingerprint density at radius 2 is 1.86 bits per heavy atom. The second-order valence-electron chi connectivity index (χ2n) is 6.29. The lowest BCUT2D eigenvalue weighted by Gasteiger charge is -2.15. The van der Waals surface area contributed by atoms with Gasteiger partial charge in [-0.15, -0.1) is 12.4 Å². The number of aryl methyl sites for hydroxylation is 2. The summed E-state index contributed by atoms with van der Waals surface area (Å²) in [6.07, 6.45) is -0.861. The number of rotatable bonds is 9. The summed E-state index contributed by atoms with van der Waals surface area (Å²) in [5.41, 5.74) is 2.11. The van der Waals surface area contributed by atoms with E-state index in [-0.39, 0.29) is 23.8 Å². The molecular weight excluding hydrogens is 404 g/mol. The molecule has 9 heteroatoms. The van der Waals surface area contributed by atoms with Crippen molar-refractivity contribution in [3.63, 3.8) is 0 Å². The summed E-state index contributed by atoms with van der Waals surface area (Å²) in [5, 5.41) is 18.6. The van der Waals surface area contributed by atoms with Gasteiger partial charge in [0, 0.05) is 13.1 Å². The monoisotopic (exact) mass is 430 g/mol. The van der Waals surface area contributed by atoms with Crippen LogP contribution in [0.5, 0.6) is 11.5 Å². The molecule has 2 rings (SSSR count). The molecular formula is C19H27ClN2O5S. The van der Waals surface area contributed by atoms with Crippen LogP contribution in [0.1, 0.15) is 22.8 Å². The fourth-order valence-corrected chi connectivity index (χ4v) is 3.43. The van der Waals surface area contributed by atoms with Crippen LogP contribution in [0.25, 0.3) is 0 Å². The van der Waals surface area contributed by atoms with Gasteiger partial charge in [0.1, 0.15) is 6.61 Å². The standard InChI is InChI=1S/C19H26N2O5S.ClH/c1-13-4-7-17(18(10-13)25-3)26-9-8-21-12-16(22)15-6-5-14(2)19(11-15)27(20,23)24;/h4-7,10-11,16,21-22H,8-9,12H2,1-3H3,(H2,20,23,24);1H. The highest BCUT2D eigenvalue weighted by atomic mass is 35.5. The van der Waals surface area contributed by atoms with Crippen molar-refractivity contribution in [1.29, 1.82) is 0 Å². The van der Waals surface area contributed by atoms with E-state index in [0.29, 0.717) is 35.8 Å². The maximum absolute atomic E-state index is 11.6. The Hall–Kier alpha value is -1.84. The lowest BCUT2D eigenvalue weighted by atomic mass is 10.1. The van der Waals surface area contributed by atoms with Crippen molar-refractivity contribution in [3.8, 4) is 11.5 Å². The molecule has 0 saturated heterocycles. The molecule has 0 amide bonds. The van der Waals surface area contributed by atoms with Crippen LogP contribution in [0, 0.1) is 13.8 Å². The highest BCUT2D eigenvalue weighted by Gasteiger charge is 2.15. The summed E-state index contributed by atoms with van der Waals surface area (Å²) in [6, 6.07) is 10.4. The zero-order valence-corrected chi connectivity index (χ0v) is 17.8. The van der Waals surface area contributed by atoms with Gasteiger partial charge in [-0.3, -0.25) is 0 Å². The predicted molar refractivity (Wildman–Crippen MR) is 111 cm³/mol. The molecule has 0 radical (unpaired) electrons. The number of primary sulfonamides is 1. The van der Waals surface area contributed by atoms with E-state index in [2.05, 4.69) is 5.32 Å². The maximum atomic E-state index is 11.6. The number of aliphatic hydroxyl groups is 1. The molecule has 0 aliphatic carbocycles. The molecule has 7 nitrogen and oxygen atoms in total. The van der Waals surface area contributed by atoms with Gasteiger partial charge in [0.05, 0.1) is 18.1 Å². The summed E-state index contributed by atoms with van der Waals surface area (Å²) >= 11 is 0. The van der Waals surface area contributed by atoms with E-state index >= 15 is 0 Å². The lowest BCUT2D eigenvalue weighted by molar-refractivity contribution is 0.171. The van der Waals surface area contributed by atoms with E-state index in [9.17, 15) is 13.5 Å². The maximum Gasteiger partial charge on any atom is 0.238 e. The minimum Gasteiger partial charge on any atom is -0.493 e. The first-order valence-corrected chi connectivity index (χ1v) is 10.1. The fourth-order valence-electron chi connectivity index (χ4n) is 2.61. The van der Waals surface area contributed by atoms with Crippen LogP contribution in [-0.2, 0) is 10.0 Å². The zero-order valence-electron chi connectivity index (χ0n) is 16.1. The summed E-state index contributed by atoms with van der Waals surface area (Å²) in [7, 11) is -2.23. The first-order chi connectivity index (χ1) is 12.7. The van der Waals surface area contributed by atoms with Gasteiger partial charge in [-0.1, -0.05) is 18.2 Å². The quantitative estimate of drug-likeness (QED) is 0.525. The van der Waals surface area contributed by atoms with E-state index in [4.69, 9.17) is 14.6 Å². The Labute approximate surface area is 172 Å². The number of aliphatic hydroxyl groups excluding tert-OH is 1. The van der Waals surface area contributed by atoms with Gasteiger partial charge in [0.2, 0.25) is 10.0 Å². The average molecular weight is 431 g/mol. The van der Waals surface area contributed by atoms with E-state index in [1.165, 1.54) is 6.07 Å². The Kier molecular flexibility index (Phi) is 9.19. The van der Waals surface area contributed by atoms with Gasteiger partial charge in [-0.2, -0.15) is 0 Å². The Bertz CT molecular complexity index is 890. The third-order valence-corrected chi connectivity index (χ3v) is 5.15. The van der Waals surface area contributed by atoms with Gasteiger partial charge in [0.25, 0.3) is 0 Å². The highest BCUT2D eigenvalue weighted by Crippen LogP contribution is 2.27. The normalized spacial score (nSPS) is 12.2. The van der Waals surface area contributed by atoms with Crippen LogP contribution < -0.4 is 19.9 Å². The molecule has 4 N–H and O–H groups in total. The fraction of sp³-hybridized carbons (Fsp3) is 0.368. The molecule has 0 bridgehead atoms. The summed E-state index contributed by atoms with van der Waals surface area (Å²) < 4.78 is 34.1. The molecule has 0 fully saturated rings. The van der Waals surface area contributed by atoms with Gasteiger partial charge in [-0.05, 0) is 48.7 Å². The number of benzene rings is 2. The predicted octanol–water partition coefficient (Wildman–Crippen LogP) is 2.08. The van der Waals surface area contributed by atoms with E-state index in [1.54, 1.807) is 26.2 Å². The van der Waals surface area contributed by atoms with Crippen LogP contribution in [0.15, 0.2) is 41.3 Å². The SMILES string of the molecule is COc1cc(C)ccc1OCCNCC(O)c1ccc(C)c(S(N)(=O)=O)c1.Cl. The molecule has 0 spiro atoms. The molecule has 156 valence electrons. The highest BCUT2D eigenvalue weighted by molar-refractivity contribution is 7.89. The Morgan fingerprint density at radius 1 is 1.14 bits per heavy atom. The van der Waals surface area contributed by atoms with Gasteiger partial charge in [0.15, 0.2) is 11.5 Å². The molecule has 0 aliphatic rings. The second kappa shape index (κ2) is 10.6. The first-order valence-electron chi connectivity index (χ1n) is 8.52. The molecule has 0 heterocycles. The number of halogens is 1. The van der Waals surface area contributed by atoms with Crippen LogP contribution in [0.3, 0.4) is 0 Å². The van der Waals surface area contributed by atoms with Crippen molar-refractivity contribution in [1.82, 2.24) is 5.32 Å². The minimum atomic E-state index is -3.82. The van der Waals surface area contributed by atoms with Crippen molar-refractivity contribution in [3.05, 3.63) is 53.1 Å². The van der Waals surface area contributed by atoms with Crippen LogP contribution in [0.2, 0.25) is 0 Å².